The normalized spacial score (nSPS) is 13.6. The lowest BCUT2D eigenvalue weighted by Crippen LogP contribution is -2.40. The van der Waals surface area contributed by atoms with Crippen LogP contribution in [0.15, 0.2) is 18.2 Å². The topological polar surface area (TPSA) is 105 Å². The quantitative estimate of drug-likeness (QED) is 0.406. The summed E-state index contributed by atoms with van der Waals surface area (Å²) in [6, 6.07) is 4.69. The second kappa shape index (κ2) is 11.2. The maximum atomic E-state index is 12.6. The van der Waals surface area contributed by atoms with Crippen LogP contribution >= 0.6 is 0 Å². The molecular weight excluding hydrogens is 380 g/mol. The van der Waals surface area contributed by atoms with Crippen molar-refractivity contribution in [2.45, 2.75) is 33.6 Å². The minimum atomic E-state index is -1.37. The molecule has 0 fully saturated rings. The Labute approximate surface area is 170 Å². The molecule has 0 aromatic heterocycles. The SMILES string of the molecule is CCOC(=O)[C@@H](C(C)=O)C(c1ccc(OC)c(OC)c1)[C@@H](C(C)=O)C(=O)OCC. The van der Waals surface area contributed by atoms with E-state index in [0.717, 1.165) is 0 Å². The number of hydrogen-bond acceptors (Lipinski definition) is 8. The Kier molecular flexibility index (Phi) is 9.31. The van der Waals surface area contributed by atoms with Gasteiger partial charge in [-0.1, -0.05) is 6.07 Å². The van der Waals surface area contributed by atoms with Crippen LogP contribution in [0.5, 0.6) is 11.5 Å². The molecule has 29 heavy (non-hydrogen) atoms. The Morgan fingerprint density at radius 2 is 1.24 bits per heavy atom. The molecule has 3 atom stereocenters. The molecule has 8 heteroatoms. The highest BCUT2D eigenvalue weighted by molar-refractivity contribution is 6.04. The molecule has 0 saturated carbocycles. The summed E-state index contributed by atoms with van der Waals surface area (Å²) in [6.45, 7) is 5.74. The van der Waals surface area contributed by atoms with Crippen LogP contribution in [-0.4, -0.2) is 50.9 Å². The van der Waals surface area contributed by atoms with Crippen LogP contribution in [0.2, 0.25) is 0 Å². The van der Waals surface area contributed by atoms with Crippen molar-refractivity contribution < 1.29 is 38.1 Å². The number of hydrogen-bond donors (Lipinski definition) is 0. The number of ether oxygens (including phenoxy) is 4. The third kappa shape index (κ3) is 5.79. The monoisotopic (exact) mass is 408 g/mol. The lowest BCUT2D eigenvalue weighted by molar-refractivity contribution is -0.157. The summed E-state index contributed by atoms with van der Waals surface area (Å²) in [5, 5.41) is 0. The van der Waals surface area contributed by atoms with Crippen molar-refractivity contribution in [3.05, 3.63) is 23.8 Å². The molecule has 1 unspecified atom stereocenters. The van der Waals surface area contributed by atoms with Crippen molar-refractivity contribution in [2.75, 3.05) is 27.4 Å². The number of carbonyl (C=O) groups excluding carboxylic acids is 4. The molecule has 160 valence electrons. The molecule has 0 spiro atoms. The fourth-order valence-electron chi connectivity index (χ4n) is 3.23. The first-order valence-corrected chi connectivity index (χ1v) is 9.29. The van der Waals surface area contributed by atoms with Crippen LogP contribution in [0, 0.1) is 11.8 Å². The van der Waals surface area contributed by atoms with Crippen LogP contribution < -0.4 is 9.47 Å². The number of carbonyl (C=O) groups is 4. The van der Waals surface area contributed by atoms with E-state index in [1.165, 1.54) is 34.1 Å². The van der Waals surface area contributed by atoms with Crippen molar-refractivity contribution in [3.8, 4) is 11.5 Å². The molecular formula is C21H28O8. The molecule has 0 saturated heterocycles. The molecule has 0 aliphatic carbocycles. The molecule has 0 aliphatic heterocycles. The molecule has 0 radical (unpaired) electrons. The standard InChI is InChI=1S/C21H28O8/c1-7-28-20(24)17(12(3)22)19(18(13(4)23)21(25)29-8-2)14-9-10-15(26-5)16(11-14)27-6/h9-11,17-19H,7-8H2,1-6H3/t17-,18+,19?. The van der Waals surface area contributed by atoms with Crippen molar-refractivity contribution in [1.29, 1.82) is 0 Å². The van der Waals surface area contributed by atoms with Crippen LogP contribution in [0.25, 0.3) is 0 Å². The van der Waals surface area contributed by atoms with Gasteiger partial charge in [-0.15, -0.1) is 0 Å². The summed E-state index contributed by atoms with van der Waals surface area (Å²) in [5.74, 6) is -5.79. The lowest BCUT2D eigenvalue weighted by atomic mass is 9.73. The van der Waals surface area contributed by atoms with Gasteiger partial charge in [0, 0.05) is 5.92 Å². The molecule has 8 nitrogen and oxygen atoms in total. The van der Waals surface area contributed by atoms with Crippen LogP contribution in [0.1, 0.15) is 39.2 Å². The zero-order valence-electron chi connectivity index (χ0n) is 17.6. The van der Waals surface area contributed by atoms with Crippen LogP contribution in [0.3, 0.4) is 0 Å². The van der Waals surface area contributed by atoms with Crippen molar-refractivity contribution in [1.82, 2.24) is 0 Å². The minimum absolute atomic E-state index is 0.0470. The van der Waals surface area contributed by atoms with Gasteiger partial charge in [0.05, 0.1) is 27.4 Å². The predicted octanol–water partition coefficient (Wildman–Crippen LogP) is 2.32. The molecule has 0 heterocycles. The lowest BCUT2D eigenvalue weighted by Gasteiger charge is -2.29. The van der Waals surface area contributed by atoms with Gasteiger partial charge in [-0.3, -0.25) is 19.2 Å². The van der Waals surface area contributed by atoms with Gasteiger partial charge >= 0.3 is 11.9 Å². The maximum absolute atomic E-state index is 12.6. The Morgan fingerprint density at radius 3 is 1.59 bits per heavy atom. The van der Waals surface area contributed by atoms with E-state index >= 15 is 0 Å². The zero-order valence-corrected chi connectivity index (χ0v) is 17.6. The Bertz CT molecular complexity index is 719. The molecule has 1 aromatic carbocycles. The Hall–Kier alpha value is -2.90. The Balaban J connectivity index is 3.71. The molecule has 0 amide bonds. The first-order valence-electron chi connectivity index (χ1n) is 9.29. The average molecular weight is 408 g/mol. The molecule has 1 aromatic rings. The molecule has 0 bridgehead atoms. The highest BCUT2D eigenvalue weighted by atomic mass is 16.5. The second-order valence-electron chi connectivity index (χ2n) is 6.32. The number of benzene rings is 1. The van der Waals surface area contributed by atoms with E-state index in [-0.39, 0.29) is 13.2 Å². The van der Waals surface area contributed by atoms with E-state index < -0.39 is 41.3 Å². The van der Waals surface area contributed by atoms with Gasteiger partial charge < -0.3 is 18.9 Å². The molecule has 0 aliphatic rings. The minimum Gasteiger partial charge on any atom is -0.493 e. The second-order valence-corrected chi connectivity index (χ2v) is 6.32. The van der Waals surface area contributed by atoms with E-state index in [0.29, 0.717) is 17.1 Å². The Morgan fingerprint density at radius 1 is 0.793 bits per heavy atom. The third-order valence-electron chi connectivity index (χ3n) is 4.47. The first kappa shape index (κ1) is 24.1. The average Bonchev–Trinajstić information content (AvgIpc) is 2.66. The van der Waals surface area contributed by atoms with Gasteiger partial charge in [0.2, 0.25) is 0 Å². The van der Waals surface area contributed by atoms with E-state index in [9.17, 15) is 19.2 Å². The molecule has 0 N–H and O–H groups in total. The van der Waals surface area contributed by atoms with Crippen molar-refractivity contribution in [2.24, 2.45) is 11.8 Å². The fourth-order valence-corrected chi connectivity index (χ4v) is 3.23. The van der Waals surface area contributed by atoms with E-state index in [1.54, 1.807) is 26.0 Å². The largest absolute Gasteiger partial charge is 0.493 e. The number of rotatable bonds is 11. The van der Waals surface area contributed by atoms with Crippen molar-refractivity contribution >= 4 is 23.5 Å². The maximum Gasteiger partial charge on any atom is 0.317 e. The van der Waals surface area contributed by atoms with Crippen molar-refractivity contribution in [3.63, 3.8) is 0 Å². The van der Waals surface area contributed by atoms with Gasteiger partial charge in [0.25, 0.3) is 0 Å². The van der Waals surface area contributed by atoms with Gasteiger partial charge in [0.15, 0.2) is 11.5 Å². The summed E-state index contributed by atoms with van der Waals surface area (Å²) in [5.41, 5.74) is 0.379. The van der Waals surface area contributed by atoms with E-state index in [1.807, 2.05) is 0 Å². The number of esters is 2. The van der Waals surface area contributed by atoms with Gasteiger partial charge in [-0.05, 0) is 45.4 Å². The van der Waals surface area contributed by atoms with Gasteiger partial charge in [0.1, 0.15) is 23.4 Å². The summed E-state index contributed by atoms with van der Waals surface area (Å²) in [4.78, 5) is 50.1. The predicted molar refractivity (Wildman–Crippen MR) is 104 cm³/mol. The van der Waals surface area contributed by atoms with Gasteiger partial charge in [-0.25, -0.2) is 0 Å². The zero-order chi connectivity index (χ0) is 22.1. The molecule has 1 rings (SSSR count). The van der Waals surface area contributed by atoms with Gasteiger partial charge in [-0.2, -0.15) is 0 Å². The van der Waals surface area contributed by atoms with E-state index in [4.69, 9.17) is 18.9 Å². The summed E-state index contributed by atoms with van der Waals surface area (Å²) < 4.78 is 20.6. The smallest absolute Gasteiger partial charge is 0.317 e. The third-order valence-corrected chi connectivity index (χ3v) is 4.47. The summed E-state index contributed by atoms with van der Waals surface area (Å²) in [6.07, 6.45) is 0. The summed E-state index contributed by atoms with van der Waals surface area (Å²) >= 11 is 0. The number of ketones is 2. The highest BCUT2D eigenvalue weighted by Gasteiger charge is 2.45. The number of Topliss-reactive ketones (excluding diaryl/α,β-unsaturated/α-hetero) is 2. The highest BCUT2D eigenvalue weighted by Crippen LogP contribution is 2.39. The fraction of sp³-hybridized carbons (Fsp3) is 0.524. The summed E-state index contributed by atoms with van der Waals surface area (Å²) in [7, 11) is 2.89. The van der Waals surface area contributed by atoms with Crippen LogP contribution in [0.4, 0.5) is 0 Å². The number of methoxy groups -OCH3 is 2. The first-order chi connectivity index (χ1) is 13.7. The van der Waals surface area contributed by atoms with E-state index in [2.05, 4.69) is 0 Å². The van der Waals surface area contributed by atoms with Crippen LogP contribution in [-0.2, 0) is 28.7 Å².